The van der Waals surface area contributed by atoms with Crippen LogP contribution in [0.15, 0.2) is 0 Å². The summed E-state index contributed by atoms with van der Waals surface area (Å²) in [5.74, 6) is 2.66. The second-order valence-corrected chi connectivity index (χ2v) is 5.65. The van der Waals surface area contributed by atoms with Crippen molar-refractivity contribution in [2.75, 3.05) is 19.0 Å². The molecule has 0 N–H and O–H groups in total. The molecule has 3 nitrogen and oxygen atoms in total. The van der Waals surface area contributed by atoms with Gasteiger partial charge in [0, 0.05) is 12.5 Å². The van der Waals surface area contributed by atoms with Crippen molar-refractivity contribution in [3.63, 3.8) is 0 Å². The molecule has 3 fully saturated rings. The number of fused-ring (bicyclic) bond motifs is 5. The van der Waals surface area contributed by atoms with E-state index in [1.807, 2.05) is 0 Å². The highest BCUT2D eigenvalue weighted by molar-refractivity contribution is 7.80. The number of hydrogen-bond acceptors (Lipinski definition) is 4. The largest absolute Gasteiger partial charge is 0.465 e. The molecule has 2 aliphatic carbocycles. The van der Waals surface area contributed by atoms with Crippen molar-refractivity contribution in [2.24, 2.45) is 23.7 Å². The molecule has 0 aromatic heterocycles. The maximum absolute atomic E-state index is 11.6. The molecule has 0 aromatic carbocycles. The molecule has 3 aliphatic rings. The lowest BCUT2D eigenvalue weighted by Gasteiger charge is -2.28. The van der Waals surface area contributed by atoms with Crippen molar-refractivity contribution in [1.82, 2.24) is 0 Å². The van der Waals surface area contributed by atoms with Gasteiger partial charge in [-0.25, -0.2) is 0 Å². The highest BCUT2D eigenvalue weighted by Crippen LogP contribution is 2.55. The van der Waals surface area contributed by atoms with E-state index in [9.17, 15) is 4.79 Å². The van der Waals surface area contributed by atoms with Crippen LogP contribution in [0.25, 0.3) is 0 Å². The third kappa shape index (κ3) is 1.58. The van der Waals surface area contributed by atoms with Crippen LogP contribution in [0.3, 0.4) is 0 Å². The number of hydrogen-bond donors (Lipinski definition) is 1. The summed E-state index contributed by atoms with van der Waals surface area (Å²) < 4.78 is 11.0. The Kier molecular flexibility index (Phi) is 2.88. The van der Waals surface area contributed by atoms with Crippen LogP contribution in [0.2, 0.25) is 0 Å². The van der Waals surface area contributed by atoms with E-state index >= 15 is 0 Å². The lowest BCUT2D eigenvalue weighted by molar-refractivity contribution is -0.144. The van der Waals surface area contributed by atoms with Gasteiger partial charge in [0.2, 0.25) is 0 Å². The molecule has 5 atom stereocenters. The molecule has 1 heterocycles. The summed E-state index contributed by atoms with van der Waals surface area (Å²) in [6.45, 7) is 1.44. The van der Waals surface area contributed by atoms with Crippen LogP contribution in [0.4, 0.5) is 0 Å². The third-order valence-electron chi connectivity index (χ3n) is 4.44. The minimum atomic E-state index is 0.0278. The van der Waals surface area contributed by atoms with E-state index in [4.69, 9.17) is 9.47 Å². The summed E-state index contributed by atoms with van der Waals surface area (Å²) >= 11 is 4.17. The summed E-state index contributed by atoms with van der Waals surface area (Å²) in [4.78, 5) is 11.6. The van der Waals surface area contributed by atoms with Gasteiger partial charge in [-0.3, -0.25) is 4.79 Å². The minimum Gasteiger partial charge on any atom is -0.465 e. The Labute approximate surface area is 101 Å². The first kappa shape index (κ1) is 10.9. The first-order valence-electron chi connectivity index (χ1n) is 6.20. The monoisotopic (exact) mass is 242 g/mol. The van der Waals surface area contributed by atoms with Gasteiger partial charge >= 0.3 is 5.97 Å². The molecular formula is C12H18O3S. The molecule has 0 aromatic rings. The maximum Gasteiger partial charge on any atom is 0.309 e. The van der Waals surface area contributed by atoms with Gasteiger partial charge in [0.1, 0.15) is 0 Å². The van der Waals surface area contributed by atoms with E-state index < -0.39 is 0 Å². The van der Waals surface area contributed by atoms with Crippen molar-refractivity contribution in [3.05, 3.63) is 0 Å². The van der Waals surface area contributed by atoms with Crippen LogP contribution in [-0.2, 0) is 14.3 Å². The molecule has 1 aliphatic heterocycles. The molecule has 90 valence electrons. The standard InChI is InChI=1S/C12H18O3S/c13-12-11-8-4-7(9(11)6-15-12)5-10(8)14-2-1-3-16/h7-11,16H,1-6H2. The van der Waals surface area contributed by atoms with E-state index in [1.54, 1.807) is 0 Å². The van der Waals surface area contributed by atoms with E-state index in [1.165, 1.54) is 6.42 Å². The normalized spacial score (nSPS) is 44.8. The predicted molar refractivity (Wildman–Crippen MR) is 62.4 cm³/mol. The number of carbonyl (C=O) groups excluding carboxylic acids is 1. The molecule has 0 amide bonds. The Bertz CT molecular complexity index is 294. The van der Waals surface area contributed by atoms with E-state index in [2.05, 4.69) is 12.6 Å². The van der Waals surface area contributed by atoms with Crippen LogP contribution in [-0.4, -0.2) is 31.0 Å². The topological polar surface area (TPSA) is 35.5 Å². The van der Waals surface area contributed by atoms with E-state index in [0.717, 1.165) is 25.2 Å². The van der Waals surface area contributed by atoms with Gasteiger partial charge in [-0.05, 0) is 36.9 Å². The Morgan fingerprint density at radius 3 is 3.06 bits per heavy atom. The molecule has 2 bridgehead atoms. The van der Waals surface area contributed by atoms with Crippen LogP contribution < -0.4 is 0 Å². The Balaban J connectivity index is 1.62. The van der Waals surface area contributed by atoms with Crippen LogP contribution in [0, 0.1) is 23.7 Å². The van der Waals surface area contributed by atoms with Gasteiger partial charge in [-0.15, -0.1) is 0 Å². The quantitative estimate of drug-likeness (QED) is 0.461. The van der Waals surface area contributed by atoms with Gasteiger partial charge < -0.3 is 9.47 Å². The number of ether oxygens (including phenoxy) is 2. The SMILES string of the molecule is O=C1OCC2C3CC(OCCCS)C(C3)C12. The Morgan fingerprint density at radius 2 is 2.25 bits per heavy atom. The molecule has 0 spiro atoms. The predicted octanol–water partition coefficient (Wildman–Crippen LogP) is 1.52. The van der Waals surface area contributed by atoms with Gasteiger partial charge in [-0.1, -0.05) is 0 Å². The average molecular weight is 242 g/mol. The van der Waals surface area contributed by atoms with Crippen molar-refractivity contribution in [2.45, 2.75) is 25.4 Å². The lowest BCUT2D eigenvalue weighted by Crippen LogP contribution is -2.34. The number of thiol groups is 1. The molecule has 3 rings (SSSR count). The molecule has 0 radical (unpaired) electrons. The number of cyclic esters (lactones) is 1. The second-order valence-electron chi connectivity index (χ2n) is 5.20. The van der Waals surface area contributed by atoms with Crippen molar-refractivity contribution < 1.29 is 14.3 Å². The van der Waals surface area contributed by atoms with Crippen molar-refractivity contribution >= 4 is 18.6 Å². The zero-order chi connectivity index (χ0) is 11.1. The maximum atomic E-state index is 11.6. The summed E-state index contributed by atoms with van der Waals surface area (Å²) in [6, 6.07) is 0. The number of esters is 1. The zero-order valence-electron chi connectivity index (χ0n) is 9.30. The van der Waals surface area contributed by atoms with Crippen molar-refractivity contribution in [3.8, 4) is 0 Å². The highest BCUT2D eigenvalue weighted by atomic mass is 32.1. The first-order chi connectivity index (χ1) is 7.81. The van der Waals surface area contributed by atoms with Crippen molar-refractivity contribution in [1.29, 1.82) is 0 Å². The average Bonchev–Trinajstić information content (AvgIpc) is 2.91. The summed E-state index contributed by atoms with van der Waals surface area (Å²) in [7, 11) is 0. The minimum absolute atomic E-state index is 0.0278. The summed E-state index contributed by atoms with van der Waals surface area (Å²) in [5, 5.41) is 0. The second kappa shape index (κ2) is 4.22. The van der Waals surface area contributed by atoms with Gasteiger partial charge in [0.15, 0.2) is 0 Å². The third-order valence-corrected chi connectivity index (χ3v) is 4.76. The fraction of sp³-hybridized carbons (Fsp3) is 0.917. The number of carbonyl (C=O) groups is 1. The first-order valence-corrected chi connectivity index (χ1v) is 6.83. The lowest BCUT2D eigenvalue weighted by atomic mass is 9.80. The van der Waals surface area contributed by atoms with Gasteiger partial charge in [0.25, 0.3) is 0 Å². The fourth-order valence-corrected chi connectivity index (χ4v) is 3.89. The highest BCUT2D eigenvalue weighted by Gasteiger charge is 2.59. The Hall–Kier alpha value is -0.220. The van der Waals surface area contributed by atoms with Crippen LogP contribution >= 0.6 is 12.6 Å². The summed E-state index contributed by atoms with van der Waals surface area (Å²) in [6.07, 6.45) is 3.61. The molecule has 1 saturated heterocycles. The molecule has 4 heteroatoms. The molecule has 2 saturated carbocycles. The molecule has 5 unspecified atom stereocenters. The van der Waals surface area contributed by atoms with Gasteiger partial charge in [0.05, 0.1) is 18.6 Å². The zero-order valence-corrected chi connectivity index (χ0v) is 10.2. The number of rotatable bonds is 4. The molecular weight excluding hydrogens is 224 g/mol. The summed E-state index contributed by atoms with van der Waals surface area (Å²) in [5.41, 5.74) is 0. The van der Waals surface area contributed by atoms with E-state index in [0.29, 0.717) is 30.5 Å². The molecule has 16 heavy (non-hydrogen) atoms. The smallest absolute Gasteiger partial charge is 0.309 e. The fourth-order valence-electron chi connectivity index (χ4n) is 3.76. The van der Waals surface area contributed by atoms with Gasteiger partial charge in [-0.2, -0.15) is 12.6 Å². The van der Waals surface area contributed by atoms with Crippen LogP contribution in [0.5, 0.6) is 0 Å². The van der Waals surface area contributed by atoms with E-state index in [-0.39, 0.29) is 11.9 Å². The van der Waals surface area contributed by atoms with Crippen LogP contribution in [0.1, 0.15) is 19.3 Å². The Morgan fingerprint density at radius 1 is 1.38 bits per heavy atom.